The summed E-state index contributed by atoms with van der Waals surface area (Å²) in [5.74, 6) is 0.683. The predicted molar refractivity (Wildman–Crippen MR) is 55.9 cm³/mol. The van der Waals surface area contributed by atoms with Gasteiger partial charge in [0.25, 0.3) is 0 Å². The van der Waals surface area contributed by atoms with E-state index in [0.29, 0.717) is 25.4 Å². The summed E-state index contributed by atoms with van der Waals surface area (Å²) >= 11 is 0. The van der Waals surface area contributed by atoms with Gasteiger partial charge in [-0.1, -0.05) is 6.92 Å². The highest BCUT2D eigenvalue weighted by Gasteiger charge is 2.30. The predicted octanol–water partition coefficient (Wildman–Crippen LogP) is 0.825. The monoisotopic (exact) mass is 210 g/mol. The van der Waals surface area contributed by atoms with Crippen molar-refractivity contribution in [3.8, 4) is 0 Å². The molecule has 2 saturated heterocycles. The number of hydrogen-bond acceptors (Lipinski definition) is 3. The Balaban J connectivity index is 1.90. The van der Waals surface area contributed by atoms with Crippen LogP contribution in [-0.2, 0) is 9.59 Å². The molecule has 0 N–H and O–H groups in total. The summed E-state index contributed by atoms with van der Waals surface area (Å²) < 4.78 is 0. The molecule has 4 heteroatoms. The number of carbonyl (C=O) groups is 2. The number of rotatable bonds is 2. The number of amides is 2. The van der Waals surface area contributed by atoms with E-state index in [0.717, 1.165) is 13.1 Å². The Hall–Kier alpha value is -0.900. The fourth-order valence-corrected chi connectivity index (χ4v) is 2.40. The van der Waals surface area contributed by atoms with E-state index in [1.807, 2.05) is 0 Å². The van der Waals surface area contributed by atoms with Crippen molar-refractivity contribution in [1.82, 2.24) is 9.80 Å². The molecule has 0 saturated carbocycles. The van der Waals surface area contributed by atoms with Crippen molar-refractivity contribution < 1.29 is 9.59 Å². The Morgan fingerprint density at radius 2 is 1.93 bits per heavy atom. The number of imide groups is 1. The van der Waals surface area contributed by atoms with Crippen molar-refractivity contribution >= 4 is 11.8 Å². The summed E-state index contributed by atoms with van der Waals surface area (Å²) in [4.78, 5) is 26.5. The molecule has 0 aliphatic carbocycles. The van der Waals surface area contributed by atoms with Gasteiger partial charge in [0, 0.05) is 19.4 Å². The number of hydrogen-bond donors (Lipinski definition) is 0. The molecule has 4 nitrogen and oxygen atoms in total. The van der Waals surface area contributed by atoms with Crippen molar-refractivity contribution in [2.45, 2.75) is 32.6 Å². The average molecular weight is 210 g/mol. The Morgan fingerprint density at radius 3 is 2.53 bits per heavy atom. The lowest BCUT2D eigenvalue weighted by Gasteiger charge is -2.33. The van der Waals surface area contributed by atoms with E-state index < -0.39 is 0 Å². The molecule has 0 aromatic carbocycles. The Kier molecular flexibility index (Phi) is 3.05. The lowest BCUT2D eigenvalue weighted by atomic mass is 10.0. The number of piperidine rings is 1. The maximum Gasteiger partial charge on any atom is 0.230 e. The average Bonchev–Trinajstić information content (AvgIpc) is 2.50. The second-order valence-corrected chi connectivity index (χ2v) is 4.68. The van der Waals surface area contributed by atoms with Crippen molar-refractivity contribution in [3.63, 3.8) is 0 Å². The Bertz CT molecular complexity index is 262. The standard InChI is InChI=1S/C11H18N2O2/c1-9-3-2-6-12(7-9)8-13-10(14)4-5-11(13)15/h9H,2-8H2,1H3/t9-/m0/s1. The molecular formula is C11H18N2O2. The highest BCUT2D eigenvalue weighted by atomic mass is 16.2. The molecule has 0 bridgehead atoms. The van der Waals surface area contributed by atoms with Crippen LogP contribution in [0.5, 0.6) is 0 Å². The number of carbonyl (C=O) groups excluding carboxylic acids is 2. The van der Waals surface area contributed by atoms with Crippen molar-refractivity contribution in [1.29, 1.82) is 0 Å². The van der Waals surface area contributed by atoms with Crippen LogP contribution in [0.4, 0.5) is 0 Å². The van der Waals surface area contributed by atoms with Gasteiger partial charge in [0.2, 0.25) is 11.8 Å². The number of likely N-dealkylation sites (tertiary alicyclic amines) is 2. The van der Waals surface area contributed by atoms with Gasteiger partial charge >= 0.3 is 0 Å². The van der Waals surface area contributed by atoms with E-state index >= 15 is 0 Å². The van der Waals surface area contributed by atoms with Crippen LogP contribution in [-0.4, -0.2) is 41.4 Å². The Morgan fingerprint density at radius 1 is 1.27 bits per heavy atom. The molecule has 2 aliphatic rings. The molecule has 0 spiro atoms. The van der Waals surface area contributed by atoms with E-state index in [1.54, 1.807) is 0 Å². The topological polar surface area (TPSA) is 40.6 Å². The highest BCUT2D eigenvalue weighted by Crippen LogP contribution is 2.18. The van der Waals surface area contributed by atoms with E-state index in [4.69, 9.17) is 0 Å². The smallest absolute Gasteiger partial charge is 0.230 e. The lowest BCUT2D eigenvalue weighted by Crippen LogP contribution is -2.44. The zero-order chi connectivity index (χ0) is 10.8. The lowest BCUT2D eigenvalue weighted by molar-refractivity contribution is -0.141. The molecule has 2 aliphatic heterocycles. The van der Waals surface area contributed by atoms with E-state index in [1.165, 1.54) is 17.7 Å². The van der Waals surface area contributed by atoms with Crippen LogP contribution in [0, 0.1) is 5.92 Å². The first kappa shape index (κ1) is 10.6. The van der Waals surface area contributed by atoms with Gasteiger partial charge in [0.05, 0.1) is 6.67 Å². The molecule has 0 aromatic heterocycles. The summed E-state index contributed by atoms with van der Waals surface area (Å²) in [5.41, 5.74) is 0. The van der Waals surface area contributed by atoms with Crippen LogP contribution in [0.15, 0.2) is 0 Å². The van der Waals surface area contributed by atoms with E-state index in [-0.39, 0.29) is 11.8 Å². The van der Waals surface area contributed by atoms with Crippen LogP contribution >= 0.6 is 0 Å². The first-order valence-electron chi connectivity index (χ1n) is 5.72. The summed E-state index contributed by atoms with van der Waals surface area (Å²) in [6, 6.07) is 0. The molecule has 2 amide bonds. The van der Waals surface area contributed by atoms with Crippen molar-refractivity contribution in [2.24, 2.45) is 5.92 Å². The van der Waals surface area contributed by atoms with Crippen LogP contribution in [0.3, 0.4) is 0 Å². The van der Waals surface area contributed by atoms with E-state index in [9.17, 15) is 9.59 Å². The fraction of sp³-hybridized carbons (Fsp3) is 0.818. The van der Waals surface area contributed by atoms with Crippen LogP contribution in [0.25, 0.3) is 0 Å². The normalized spacial score (nSPS) is 28.9. The summed E-state index contributed by atoms with van der Waals surface area (Å²) in [7, 11) is 0. The SMILES string of the molecule is C[C@H]1CCCN(CN2C(=O)CCC2=O)C1. The zero-order valence-electron chi connectivity index (χ0n) is 9.24. The quantitative estimate of drug-likeness (QED) is 0.634. The minimum Gasteiger partial charge on any atom is -0.285 e. The largest absolute Gasteiger partial charge is 0.285 e. The Labute approximate surface area is 90.2 Å². The third kappa shape index (κ3) is 2.37. The van der Waals surface area contributed by atoms with Gasteiger partial charge in [-0.2, -0.15) is 0 Å². The van der Waals surface area contributed by atoms with Gasteiger partial charge in [-0.3, -0.25) is 19.4 Å². The summed E-state index contributed by atoms with van der Waals surface area (Å²) in [6.45, 7) is 4.76. The van der Waals surface area contributed by atoms with Gasteiger partial charge in [0.1, 0.15) is 0 Å². The second-order valence-electron chi connectivity index (χ2n) is 4.68. The molecule has 2 heterocycles. The summed E-state index contributed by atoms with van der Waals surface area (Å²) in [6.07, 6.45) is 3.25. The summed E-state index contributed by atoms with van der Waals surface area (Å²) in [5, 5.41) is 0. The number of nitrogens with zero attached hydrogens (tertiary/aromatic N) is 2. The minimum atomic E-state index is -0.00164. The third-order valence-corrected chi connectivity index (χ3v) is 3.24. The molecule has 0 radical (unpaired) electrons. The second kappa shape index (κ2) is 4.31. The molecule has 0 unspecified atom stereocenters. The van der Waals surface area contributed by atoms with Crippen LogP contribution in [0.1, 0.15) is 32.6 Å². The molecule has 1 atom stereocenters. The van der Waals surface area contributed by atoms with Gasteiger partial charge in [0.15, 0.2) is 0 Å². The maximum atomic E-state index is 11.4. The highest BCUT2D eigenvalue weighted by molar-refractivity contribution is 6.01. The van der Waals surface area contributed by atoms with Crippen LogP contribution in [0.2, 0.25) is 0 Å². The minimum absolute atomic E-state index is 0.00164. The molecule has 15 heavy (non-hydrogen) atoms. The first-order chi connectivity index (χ1) is 7.16. The van der Waals surface area contributed by atoms with Gasteiger partial charge in [-0.05, 0) is 25.3 Å². The first-order valence-corrected chi connectivity index (χ1v) is 5.72. The fourth-order valence-electron chi connectivity index (χ4n) is 2.40. The van der Waals surface area contributed by atoms with Crippen LogP contribution < -0.4 is 0 Å². The van der Waals surface area contributed by atoms with Gasteiger partial charge in [-0.25, -0.2) is 0 Å². The molecule has 0 aromatic rings. The molecular weight excluding hydrogens is 192 g/mol. The third-order valence-electron chi connectivity index (χ3n) is 3.24. The molecule has 2 rings (SSSR count). The van der Waals surface area contributed by atoms with Crippen molar-refractivity contribution in [2.75, 3.05) is 19.8 Å². The van der Waals surface area contributed by atoms with E-state index in [2.05, 4.69) is 11.8 Å². The zero-order valence-corrected chi connectivity index (χ0v) is 9.24. The van der Waals surface area contributed by atoms with Crippen molar-refractivity contribution in [3.05, 3.63) is 0 Å². The molecule has 84 valence electrons. The molecule has 2 fully saturated rings. The van der Waals surface area contributed by atoms with Gasteiger partial charge in [-0.15, -0.1) is 0 Å². The van der Waals surface area contributed by atoms with Gasteiger partial charge < -0.3 is 0 Å². The maximum absolute atomic E-state index is 11.4.